The van der Waals surface area contributed by atoms with Gasteiger partial charge in [-0.25, -0.2) is 0 Å². The van der Waals surface area contributed by atoms with Crippen molar-refractivity contribution in [2.24, 2.45) is 16.8 Å². The molecule has 2 nitrogen and oxygen atoms in total. The SMILES string of the molecule is CC1=C(C)CC=C2CC(CC3CCCCCC3)C(c3ccccn3)=NC2=C1. The van der Waals surface area contributed by atoms with E-state index in [0.29, 0.717) is 5.92 Å². The van der Waals surface area contributed by atoms with Gasteiger partial charge < -0.3 is 0 Å². The van der Waals surface area contributed by atoms with Crippen LogP contribution in [0.15, 0.2) is 64.0 Å². The molecule has 3 aliphatic rings. The summed E-state index contributed by atoms with van der Waals surface area (Å²) in [7, 11) is 0. The fourth-order valence-corrected chi connectivity index (χ4v) is 4.82. The Hall–Kier alpha value is -1.96. The molecule has 1 aliphatic heterocycles. The summed E-state index contributed by atoms with van der Waals surface area (Å²) in [5.74, 6) is 1.36. The minimum atomic E-state index is 0.505. The first-order chi connectivity index (χ1) is 13.2. The minimum Gasteiger partial charge on any atom is -0.255 e. The summed E-state index contributed by atoms with van der Waals surface area (Å²) in [5, 5.41) is 0. The van der Waals surface area contributed by atoms with E-state index in [9.17, 15) is 0 Å². The van der Waals surface area contributed by atoms with E-state index in [-0.39, 0.29) is 0 Å². The van der Waals surface area contributed by atoms with E-state index >= 15 is 0 Å². The Labute approximate surface area is 164 Å². The smallest absolute Gasteiger partial charge is 0.0847 e. The van der Waals surface area contributed by atoms with Gasteiger partial charge in [0.25, 0.3) is 0 Å². The van der Waals surface area contributed by atoms with E-state index < -0.39 is 0 Å². The van der Waals surface area contributed by atoms with Crippen molar-refractivity contribution < 1.29 is 0 Å². The molecule has 0 amide bonds. The molecule has 1 fully saturated rings. The van der Waals surface area contributed by atoms with Crippen LogP contribution in [0.2, 0.25) is 0 Å². The van der Waals surface area contributed by atoms with Gasteiger partial charge in [-0.15, -0.1) is 0 Å². The van der Waals surface area contributed by atoms with Crippen LogP contribution in [-0.4, -0.2) is 10.7 Å². The molecule has 0 saturated heterocycles. The maximum absolute atomic E-state index is 5.20. The number of aliphatic imine (C=N–C) groups is 1. The van der Waals surface area contributed by atoms with Crippen LogP contribution in [0.1, 0.15) is 77.3 Å². The summed E-state index contributed by atoms with van der Waals surface area (Å²) in [4.78, 5) is 9.87. The lowest BCUT2D eigenvalue weighted by Crippen LogP contribution is -2.25. The zero-order valence-electron chi connectivity index (χ0n) is 16.9. The van der Waals surface area contributed by atoms with Crippen LogP contribution in [0.5, 0.6) is 0 Å². The molecule has 4 rings (SSSR count). The highest BCUT2D eigenvalue weighted by Crippen LogP contribution is 2.38. The summed E-state index contributed by atoms with van der Waals surface area (Å²) in [6.45, 7) is 4.46. The van der Waals surface area contributed by atoms with Gasteiger partial charge >= 0.3 is 0 Å². The Morgan fingerprint density at radius 1 is 1.04 bits per heavy atom. The predicted octanol–water partition coefficient (Wildman–Crippen LogP) is 6.80. The molecule has 0 N–H and O–H groups in total. The molecular formula is C25H32N2. The van der Waals surface area contributed by atoms with Crippen molar-refractivity contribution in [3.8, 4) is 0 Å². The van der Waals surface area contributed by atoms with Gasteiger partial charge in [-0.2, -0.15) is 0 Å². The molecule has 0 aromatic carbocycles. The van der Waals surface area contributed by atoms with Crippen molar-refractivity contribution in [3.05, 3.63) is 64.7 Å². The third-order valence-electron chi connectivity index (χ3n) is 6.62. The van der Waals surface area contributed by atoms with Crippen molar-refractivity contribution in [1.82, 2.24) is 4.98 Å². The van der Waals surface area contributed by atoms with Gasteiger partial charge in [-0.3, -0.25) is 9.98 Å². The zero-order valence-corrected chi connectivity index (χ0v) is 16.9. The standard InChI is InChI=1S/C25H32N2/c1-18-12-13-21-17-22(16-20-9-5-3-4-6-10-20)25(23-11-7-8-14-26-23)27-24(21)15-19(18)2/h7-8,11,13-15,20,22H,3-6,9-10,12,16-17H2,1-2H3. The molecule has 0 spiro atoms. The van der Waals surface area contributed by atoms with Gasteiger partial charge in [0, 0.05) is 12.1 Å². The number of allylic oxidation sites excluding steroid dienone is 5. The molecule has 1 aromatic rings. The first kappa shape index (κ1) is 18.4. The molecule has 27 heavy (non-hydrogen) atoms. The topological polar surface area (TPSA) is 25.2 Å². The quantitative estimate of drug-likeness (QED) is 0.544. The highest BCUT2D eigenvalue weighted by molar-refractivity contribution is 6.02. The fraction of sp³-hybridized carbons (Fsp3) is 0.520. The highest BCUT2D eigenvalue weighted by atomic mass is 14.8. The van der Waals surface area contributed by atoms with E-state index in [1.807, 2.05) is 12.3 Å². The number of pyridine rings is 1. The van der Waals surface area contributed by atoms with Gasteiger partial charge in [0.15, 0.2) is 0 Å². The third kappa shape index (κ3) is 4.31. The highest BCUT2D eigenvalue weighted by Gasteiger charge is 2.30. The Bertz CT molecular complexity index is 787. The largest absolute Gasteiger partial charge is 0.255 e. The van der Waals surface area contributed by atoms with Crippen molar-refractivity contribution in [2.75, 3.05) is 0 Å². The van der Waals surface area contributed by atoms with Crippen molar-refractivity contribution >= 4 is 5.71 Å². The lowest BCUT2D eigenvalue weighted by molar-refractivity contribution is 0.382. The fourth-order valence-electron chi connectivity index (χ4n) is 4.82. The normalized spacial score (nSPS) is 24.4. The Balaban J connectivity index is 1.68. The Morgan fingerprint density at radius 3 is 2.59 bits per heavy atom. The Kier molecular flexibility index (Phi) is 5.71. The predicted molar refractivity (Wildman–Crippen MR) is 114 cm³/mol. The number of hydrogen-bond acceptors (Lipinski definition) is 2. The number of aromatic nitrogens is 1. The van der Waals surface area contributed by atoms with Crippen molar-refractivity contribution in [2.45, 2.75) is 71.6 Å². The van der Waals surface area contributed by atoms with Gasteiger partial charge in [-0.1, -0.05) is 56.2 Å². The number of nitrogens with zero attached hydrogens (tertiary/aromatic N) is 2. The van der Waals surface area contributed by atoms with Crippen LogP contribution in [0.25, 0.3) is 0 Å². The maximum atomic E-state index is 5.20. The lowest BCUT2D eigenvalue weighted by atomic mass is 9.79. The van der Waals surface area contributed by atoms with Crippen LogP contribution in [0.4, 0.5) is 0 Å². The first-order valence-corrected chi connectivity index (χ1v) is 10.8. The summed E-state index contributed by atoms with van der Waals surface area (Å²) in [6.07, 6.45) is 18.5. The van der Waals surface area contributed by atoms with E-state index in [1.165, 1.54) is 73.1 Å². The molecule has 0 bridgehead atoms. The van der Waals surface area contributed by atoms with Crippen molar-refractivity contribution in [1.29, 1.82) is 0 Å². The number of hydrogen-bond donors (Lipinski definition) is 0. The second-order valence-corrected chi connectivity index (χ2v) is 8.63. The lowest BCUT2D eigenvalue weighted by Gasteiger charge is -2.29. The summed E-state index contributed by atoms with van der Waals surface area (Å²) >= 11 is 0. The molecule has 0 radical (unpaired) electrons. The van der Waals surface area contributed by atoms with Gasteiger partial charge in [0.05, 0.1) is 17.1 Å². The zero-order chi connectivity index (χ0) is 18.6. The molecule has 1 unspecified atom stereocenters. The van der Waals surface area contributed by atoms with E-state index in [0.717, 1.165) is 24.5 Å². The molecule has 2 heterocycles. The monoisotopic (exact) mass is 360 g/mol. The Morgan fingerprint density at radius 2 is 1.85 bits per heavy atom. The van der Waals surface area contributed by atoms with Gasteiger partial charge in [-0.05, 0) is 68.4 Å². The second kappa shape index (κ2) is 8.37. The molecule has 1 atom stereocenters. The number of rotatable bonds is 3. The first-order valence-electron chi connectivity index (χ1n) is 10.8. The van der Waals surface area contributed by atoms with Gasteiger partial charge in [0.1, 0.15) is 0 Å². The average molecular weight is 361 g/mol. The van der Waals surface area contributed by atoms with Crippen LogP contribution < -0.4 is 0 Å². The third-order valence-corrected chi connectivity index (χ3v) is 6.62. The van der Waals surface area contributed by atoms with Crippen LogP contribution in [-0.2, 0) is 0 Å². The van der Waals surface area contributed by atoms with Gasteiger partial charge in [0.2, 0.25) is 0 Å². The molecular weight excluding hydrogens is 328 g/mol. The average Bonchev–Trinajstić information content (AvgIpc) is 3.02. The summed E-state index contributed by atoms with van der Waals surface area (Å²) in [5.41, 5.74) is 7.72. The van der Waals surface area contributed by atoms with Crippen LogP contribution in [0.3, 0.4) is 0 Å². The second-order valence-electron chi connectivity index (χ2n) is 8.63. The van der Waals surface area contributed by atoms with Crippen LogP contribution >= 0.6 is 0 Å². The summed E-state index contributed by atoms with van der Waals surface area (Å²) < 4.78 is 0. The maximum Gasteiger partial charge on any atom is 0.0847 e. The minimum absolute atomic E-state index is 0.505. The van der Waals surface area contributed by atoms with Crippen molar-refractivity contribution in [3.63, 3.8) is 0 Å². The molecule has 1 aromatic heterocycles. The molecule has 142 valence electrons. The van der Waals surface area contributed by atoms with E-state index in [4.69, 9.17) is 4.99 Å². The molecule has 1 saturated carbocycles. The molecule has 2 heteroatoms. The van der Waals surface area contributed by atoms with E-state index in [2.05, 4.69) is 43.1 Å². The number of fused-ring (bicyclic) bond motifs is 1. The van der Waals surface area contributed by atoms with E-state index in [1.54, 1.807) is 0 Å². The van der Waals surface area contributed by atoms with Crippen LogP contribution in [0, 0.1) is 11.8 Å². The molecule has 2 aliphatic carbocycles. The summed E-state index contributed by atoms with van der Waals surface area (Å²) in [6, 6.07) is 6.23.